The molecule has 0 radical (unpaired) electrons. The fourth-order valence-electron chi connectivity index (χ4n) is 3.02. The number of carbonyl (C=O) groups is 1. The molecule has 2 aromatic carbocycles. The lowest BCUT2D eigenvalue weighted by Crippen LogP contribution is -2.19. The summed E-state index contributed by atoms with van der Waals surface area (Å²) in [6.07, 6.45) is 0.904. The van der Waals surface area contributed by atoms with Gasteiger partial charge >= 0.3 is 5.97 Å². The van der Waals surface area contributed by atoms with E-state index in [9.17, 15) is 13.2 Å². The molecular weight excluding hydrogens is 382 g/mol. The Balaban J connectivity index is 1.78. The predicted molar refractivity (Wildman–Crippen MR) is 103 cm³/mol. The van der Waals surface area contributed by atoms with E-state index in [1.807, 2.05) is 26.0 Å². The van der Waals surface area contributed by atoms with E-state index in [4.69, 9.17) is 14.2 Å². The van der Waals surface area contributed by atoms with Crippen LogP contribution in [0.25, 0.3) is 0 Å². The maximum atomic E-state index is 12.4. The SMILES string of the molecule is CCOc1cc2c(cc1COC(=O)c1cccc(S(=O)(=O)NC)c1)OC(C)C2. The van der Waals surface area contributed by atoms with Crippen LogP contribution in [0.1, 0.15) is 35.3 Å². The van der Waals surface area contributed by atoms with Crippen LogP contribution in [0.5, 0.6) is 11.5 Å². The van der Waals surface area contributed by atoms with Crippen molar-refractivity contribution in [3.63, 3.8) is 0 Å². The summed E-state index contributed by atoms with van der Waals surface area (Å²) in [5.74, 6) is 0.799. The molecule has 3 rings (SSSR count). The molecule has 28 heavy (non-hydrogen) atoms. The molecule has 0 amide bonds. The van der Waals surface area contributed by atoms with Gasteiger partial charge in [-0.15, -0.1) is 0 Å². The molecule has 1 aliphatic rings. The Morgan fingerprint density at radius 1 is 1.29 bits per heavy atom. The summed E-state index contributed by atoms with van der Waals surface area (Å²) in [5, 5.41) is 0. The normalized spacial score (nSPS) is 15.6. The first-order valence-corrected chi connectivity index (χ1v) is 10.5. The summed E-state index contributed by atoms with van der Waals surface area (Å²) in [4.78, 5) is 12.4. The maximum Gasteiger partial charge on any atom is 0.338 e. The fraction of sp³-hybridized carbons (Fsp3) is 0.350. The molecule has 0 spiro atoms. The number of sulfonamides is 1. The third-order valence-corrected chi connectivity index (χ3v) is 5.80. The Labute approximate surface area is 164 Å². The van der Waals surface area contributed by atoms with E-state index >= 15 is 0 Å². The van der Waals surface area contributed by atoms with Crippen LogP contribution in [0.2, 0.25) is 0 Å². The molecule has 150 valence electrons. The third-order valence-electron chi connectivity index (χ3n) is 4.39. The Bertz CT molecular complexity index is 986. The molecule has 0 saturated heterocycles. The number of nitrogens with one attached hydrogen (secondary N) is 1. The average Bonchev–Trinajstić information content (AvgIpc) is 3.05. The molecule has 0 aliphatic carbocycles. The summed E-state index contributed by atoms with van der Waals surface area (Å²) in [5.41, 5.74) is 1.92. The second kappa shape index (κ2) is 8.20. The quantitative estimate of drug-likeness (QED) is 0.712. The number of fused-ring (bicyclic) bond motifs is 1. The third kappa shape index (κ3) is 4.28. The molecule has 1 aliphatic heterocycles. The highest BCUT2D eigenvalue weighted by Crippen LogP contribution is 2.35. The second-order valence-corrected chi connectivity index (χ2v) is 8.33. The molecular formula is C20H23NO6S. The van der Waals surface area contributed by atoms with Gasteiger partial charge in [-0.05, 0) is 51.2 Å². The summed E-state index contributed by atoms with van der Waals surface area (Å²) < 4.78 is 42.9. The van der Waals surface area contributed by atoms with Gasteiger partial charge in [-0.1, -0.05) is 6.07 Å². The monoisotopic (exact) mass is 405 g/mol. The predicted octanol–water partition coefficient (Wildman–Crippen LogP) is 2.67. The lowest BCUT2D eigenvalue weighted by atomic mass is 10.1. The van der Waals surface area contributed by atoms with Gasteiger partial charge in [-0.3, -0.25) is 0 Å². The molecule has 1 atom stereocenters. The highest BCUT2D eigenvalue weighted by atomic mass is 32.2. The van der Waals surface area contributed by atoms with Crippen molar-refractivity contribution in [2.24, 2.45) is 0 Å². The van der Waals surface area contributed by atoms with Gasteiger partial charge in [-0.25, -0.2) is 17.9 Å². The molecule has 1 N–H and O–H groups in total. The zero-order valence-corrected chi connectivity index (χ0v) is 16.8. The molecule has 1 heterocycles. The average molecular weight is 405 g/mol. The fourth-order valence-corrected chi connectivity index (χ4v) is 3.79. The smallest absolute Gasteiger partial charge is 0.338 e. The van der Waals surface area contributed by atoms with E-state index in [0.29, 0.717) is 17.9 Å². The highest BCUT2D eigenvalue weighted by Gasteiger charge is 2.22. The van der Waals surface area contributed by atoms with Gasteiger partial charge in [0.25, 0.3) is 0 Å². The van der Waals surface area contributed by atoms with Gasteiger partial charge in [-0.2, -0.15) is 0 Å². The Hall–Kier alpha value is -2.58. The molecule has 0 fully saturated rings. The molecule has 0 bridgehead atoms. The van der Waals surface area contributed by atoms with Crippen molar-refractivity contribution in [3.05, 3.63) is 53.1 Å². The Kier molecular flexibility index (Phi) is 5.90. The minimum absolute atomic E-state index is 0.000580. The minimum Gasteiger partial charge on any atom is -0.493 e. The van der Waals surface area contributed by atoms with E-state index in [0.717, 1.165) is 17.7 Å². The van der Waals surface area contributed by atoms with Crippen LogP contribution in [0, 0.1) is 0 Å². The zero-order valence-electron chi connectivity index (χ0n) is 16.0. The Morgan fingerprint density at radius 3 is 2.79 bits per heavy atom. The van der Waals surface area contributed by atoms with Crippen LogP contribution in [-0.2, 0) is 27.8 Å². The number of rotatable bonds is 7. The van der Waals surface area contributed by atoms with Crippen molar-refractivity contribution in [1.82, 2.24) is 4.72 Å². The summed E-state index contributed by atoms with van der Waals surface area (Å²) in [7, 11) is -2.33. The van der Waals surface area contributed by atoms with Gasteiger partial charge in [0.1, 0.15) is 24.2 Å². The lowest BCUT2D eigenvalue weighted by Gasteiger charge is -2.13. The van der Waals surface area contributed by atoms with E-state index in [2.05, 4.69) is 4.72 Å². The Morgan fingerprint density at radius 2 is 2.07 bits per heavy atom. The first kappa shape index (κ1) is 20.2. The van der Waals surface area contributed by atoms with E-state index < -0.39 is 16.0 Å². The van der Waals surface area contributed by atoms with Crippen LogP contribution < -0.4 is 14.2 Å². The topological polar surface area (TPSA) is 90.9 Å². The molecule has 8 heteroatoms. The first-order valence-electron chi connectivity index (χ1n) is 9.00. The number of ether oxygens (including phenoxy) is 3. The first-order chi connectivity index (χ1) is 13.3. The van der Waals surface area contributed by atoms with Crippen molar-refractivity contribution >= 4 is 16.0 Å². The molecule has 0 saturated carbocycles. The molecule has 0 aromatic heterocycles. The maximum absolute atomic E-state index is 12.4. The van der Waals surface area contributed by atoms with E-state index in [-0.39, 0.29) is 23.2 Å². The lowest BCUT2D eigenvalue weighted by molar-refractivity contribution is 0.0469. The molecule has 7 nitrogen and oxygen atoms in total. The van der Waals surface area contributed by atoms with Crippen molar-refractivity contribution < 1.29 is 27.4 Å². The van der Waals surface area contributed by atoms with Crippen LogP contribution in [-0.4, -0.2) is 34.1 Å². The van der Waals surface area contributed by atoms with Gasteiger partial charge < -0.3 is 14.2 Å². The van der Waals surface area contributed by atoms with Crippen molar-refractivity contribution in [2.75, 3.05) is 13.7 Å². The van der Waals surface area contributed by atoms with Gasteiger partial charge in [0.2, 0.25) is 10.0 Å². The van der Waals surface area contributed by atoms with Crippen LogP contribution in [0.15, 0.2) is 41.3 Å². The van der Waals surface area contributed by atoms with Crippen LogP contribution >= 0.6 is 0 Å². The standard InChI is InChI=1S/C20H23NO6S/c1-4-25-18-10-15-8-13(2)27-19(15)11-16(18)12-26-20(22)14-6-5-7-17(9-14)28(23,24)21-3/h5-7,9-11,13,21H,4,8,12H2,1-3H3. The largest absolute Gasteiger partial charge is 0.493 e. The van der Waals surface area contributed by atoms with Crippen molar-refractivity contribution in [2.45, 2.75) is 37.9 Å². The number of hydrogen-bond acceptors (Lipinski definition) is 6. The summed E-state index contributed by atoms with van der Waals surface area (Å²) in [6.45, 7) is 4.35. The molecule has 2 aromatic rings. The van der Waals surface area contributed by atoms with E-state index in [1.165, 1.54) is 31.3 Å². The highest BCUT2D eigenvalue weighted by molar-refractivity contribution is 7.89. The van der Waals surface area contributed by atoms with Gasteiger partial charge in [0, 0.05) is 17.5 Å². The van der Waals surface area contributed by atoms with Crippen molar-refractivity contribution in [3.8, 4) is 11.5 Å². The van der Waals surface area contributed by atoms with Gasteiger partial charge in [0.05, 0.1) is 17.1 Å². The van der Waals surface area contributed by atoms with Gasteiger partial charge in [0.15, 0.2) is 0 Å². The minimum atomic E-state index is -3.64. The summed E-state index contributed by atoms with van der Waals surface area (Å²) in [6, 6.07) is 9.45. The molecule has 1 unspecified atom stereocenters. The zero-order chi connectivity index (χ0) is 20.3. The number of carbonyl (C=O) groups excluding carboxylic acids is 1. The second-order valence-electron chi connectivity index (χ2n) is 6.44. The number of benzene rings is 2. The number of hydrogen-bond donors (Lipinski definition) is 1. The number of esters is 1. The summed E-state index contributed by atoms with van der Waals surface area (Å²) >= 11 is 0. The van der Waals surface area contributed by atoms with Crippen LogP contribution in [0.3, 0.4) is 0 Å². The van der Waals surface area contributed by atoms with Crippen LogP contribution in [0.4, 0.5) is 0 Å². The van der Waals surface area contributed by atoms with Crippen molar-refractivity contribution in [1.29, 1.82) is 0 Å². The van der Waals surface area contributed by atoms with E-state index in [1.54, 1.807) is 0 Å².